The average Bonchev–Trinajstić information content (AvgIpc) is 1.65. The second kappa shape index (κ2) is 3.08. The molecule has 0 amide bonds. The summed E-state index contributed by atoms with van der Waals surface area (Å²) in [6.45, 7) is -0.963. The van der Waals surface area contributed by atoms with E-state index in [0.29, 0.717) is 0 Å². The Kier molecular flexibility index (Phi) is 3.00. The van der Waals surface area contributed by atoms with Gasteiger partial charge in [0.1, 0.15) is 6.61 Å². The van der Waals surface area contributed by atoms with Crippen LogP contribution < -0.4 is 0 Å². The number of rotatable bonds is 3. The fourth-order valence-corrected chi connectivity index (χ4v) is 0.293. The molecular weight excluding hydrogens is 153 g/mol. The van der Waals surface area contributed by atoms with Gasteiger partial charge in [-0.3, -0.25) is 4.79 Å². The summed E-state index contributed by atoms with van der Waals surface area (Å²) in [5.74, 6) is -3.55. The van der Waals surface area contributed by atoms with Gasteiger partial charge in [-0.25, -0.2) is 0 Å². The third-order valence-electron chi connectivity index (χ3n) is 0.613. The van der Waals surface area contributed by atoms with E-state index in [1.165, 1.54) is 0 Å². The molecule has 0 aliphatic heterocycles. The lowest BCUT2D eigenvalue weighted by Gasteiger charge is -2.07. The Balaban J connectivity index is 3.85. The van der Waals surface area contributed by atoms with Crippen molar-refractivity contribution < 1.29 is 18.3 Å². The van der Waals surface area contributed by atoms with E-state index in [4.69, 9.17) is 0 Å². The first kappa shape index (κ1) is 8.78. The van der Waals surface area contributed by atoms with Crippen LogP contribution in [0.25, 0.3) is 0 Å². The normalized spacial score (nSPS) is 11.6. The van der Waals surface area contributed by atoms with E-state index in [0.717, 1.165) is 7.11 Å². The highest BCUT2D eigenvalue weighted by atomic mass is 35.5. The zero-order chi connectivity index (χ0) is 7.49. The van der Waals surface area contributed by atoms with Crippen LogP contribution in [0.15, 0.2) is 0 Å². The van der Waals surface area contributed by atoms with E-state index in [1.807, 2.05) is 0 Å². The molecule has 0 aliphatic carbocycles. The van der Waals surface area contributed by atoms with E-state index >= 15 is 0 Å². The molecule has 9 heavy (non-hydrogen) atoms. The number of ether oxygens (including phenoxy) is 1. The third-order valence-corrected chi connectivity index (χ3v) is 0.890. The van der Waals surface area contributed by atoms with Crippen LogP contribution in [-0.2, 0) is 9.53 Å². The van der Waals surface area contributed by atoms with Crippen LogP contribution in [0.1, 0.15) is 0 Å². The summed E-state index contributed by atoms with van der Waals surface area (Å²) in [6.07, 6.45) is 0. The Morgan fingerprint density at radius 3 is 2.33 bits per heavy atom. The summed E-state index contributed by atoms with van der Waals surface area (Å²) in [5, 5.41) is -1.69. The lowest BCUT2D eigenvalue weighted by Crippen LogP contribution is -2.29. The van der Waals surface area contributed by atoms with Gasteiger partial charge in [0.2, 0.25) is 0 Å². The molecule has 54 valence electrons. The first-order chi connectivity index (χ1) is 4.00. The highest BCUT2D eigenvalue weighted by Crippen LogP contribution is 2.16. The maximum absolute atomic E-state index is 11.9. The number of carbonyl (C=O) groups excluding carboxylic acids is 1. The lowest BCUT2D eigenvalue weighted by atomic mass is 10.4. The number of hydrogen-bond donors (Lipinski definition) is 0. The SMILES string of the molecule is COCC(F)(F)C(=O)Cl. The Labute approximate surface area is 55.7 Å². The Morgan fingerprint density at radius 2 is 2.22 bits per heavy atom. The van der Waals surface area contributed by atoms with Gasteiger partial charge in [0.25, 0.3) is 5.24 Å². The van der Waals surface area contributed by atoms with Gasteiger partial charge < -0.3 is 4.74 Å². The number of halogens is 3. The van der Waals surface area contributed by atoms with Gasteiger partial charge in [-0.2, -0.15) is 8.78 Å². The minimum Gasteiger partial charge on any atom is -0.378 e. The van der Waals surface area contributed by atoms with Gasteiger partial charge in [-0.1, -0.05) is 0 Å². The monoisotopic (exact) mass is 158 g/mol. The topological polar surface area (TPSA) is 26.3 Å². The van der Waals surface area contributed by atoms with Crippen LogP contribution in [0, 0.1) is 0 Å². The largest absolute Gasteiger partial charge is 0.378 e. The molecule has 0 saturated carbocycles. The summed E-state index contributed by atoms with van der Waals surface area (Å²) in [4.78, 5) is 9.79. The molecule has 0 spiro atoms. The van der Waals surface area contributed by atoms with Gasteiger partial charge in [0.05, 0.1) is 0 Å². The first-order valence-corrected chi connectivity index (χ1v) is 2.45. The van der Waals surface area contributed by atoms with Crippen LogP contribution >= 0.6 is 11.6 Å². The van der Waals surface area contributed by atoms with Gasteiger partial charge in [0.15, 0.2) is 0 Å². The second-order valence-corrected chi connectivity index (χ2v) is 1.75. The minimum absolute atomic E-state index is 0.963. The summed E-state index contributed by atoms with van der Waals surface area (Å²) in [5.41, 5.74) is 0. The van der Waals surface area contributed by atoms with Crippen molar-refractivity contribution in [3.05, 3.63) is 0 Å². The number of carbonyl (C=O) groups is 1. The molecule has 0 radical (unpaired) electrons. The smallest absolute Gasteiger partial charge is 0.342 e. The molecule has 5 heteroatoms. The highest BCUT2D eigenvalue weighted by molar-refractivity contribution is 6.65. The van der Waals surface area contributed by atoms with Crippen molar-refractivity contribution >= 4 is 16.8 Å². The average molecular weight is 159 g/mol. The molecule has 0 heterocycles. The van der Waals surface area contributed by atoms with E-state index in [-0.39, 0.29) is 0 Å². The zero-order valence-corrected chi connectivity index (χ0v) is 5.41. The Bertz CT molecular complexity index is 115. The van der Waals surface area contributed by atoms with E-state index in [9.17, 15) is 13.6 Å². The van der Waals surface area contributed by atoms with Gasteiger partial charge in [-0.15, -0.1) is 0 Å². The molecule has 0 fully saturated rings. The summed E-state index contributed by atoms with van der Waals surface area (Å²) < 4.78 is 27.9. The van der Waals surface area contributed by atoms with Gasteiger partial charge in [-0.05, 0) is 11.6 Å². The summed E-state index contributed by atoms with van der Waals surface area (Å²) in [6, 6.07) is 0. The van der Waals surface area contributed by atoms with Crippen LogP contribution in [0.4, 0.5) is 8.78 Å². The molecule has 0 aromatic carbocycles. The maximum Gasteiger partial charge on any atom is 0.342 e. The lowest BCUT2D eigenvalue weighted by molar-refractivity contribution is -0.141. The fourth-order valence-electron chi connectivity index (χ4n) is 0.238. The zero-order valence-electron chi connectivity index (χ0n) is 4.66. The quantitative estimate of drug-likeness (QED) is 0.574. The van der Waals surface area contributed by atoms with Gasteiger partial charge in [0, 0.05) is 7.11 Å². The van der Waals surface area contributed by atoms with Crippen LogP contribution in [0.5, 0.6) is 0 Å². The van der Waals surface area contributed by atoms with Crippen molar-refractivity contribution in [1.29, 1.82) is 0 Å². The summed E-state index contributed by atoms with van der Waals surface area (Å²) in [7, 11) is 1.06. The standard InChI is InChI=1S/C4H5ClF2O2/c1-9-2-4(6,7)3(5)8/h2H2,1H3. The van der Waals surface area contributed by atoms with Crippen molar-refractivity contribution in [1.82, 2.24) is 0 Å². The van der Waals surface area contributed by atoms with Crippen molar-refractivity contribution in [3.63, 3.8) is 0 Å². The Hall–Kier alpha value is -0.220. The molecule has 0 rings (SSSR count). The predicted molar refractivity (Wildman–Crippen MR) is 27.7 cm³/mol. The van der Waals surface area contributed by atoms with E-state index in [2.05, 4.69) is 16.3 Å². The molecule has 2 nitrogen and oxygen atoms in total. The molecular formula is C4H5ClF2O2. The van der Waals surface area contributed by atoms with E-state index < -0.39 is 17.8 Å². The van der Waals surface area contributed by atoms with Crippen molar-refractivity contribution in [3.8, 4) is 0 Å². The van der Waals surface area contributed by atoms with Gasteiger partial charge >= 0.3 is 5.92 Å². The first-order valence-electron chi connectivity index (χ1n) is 2.07. The predicted octanol–water partition coefficient (Wildman–Crippen LogP) is 1.03. The molecule has 0 bridgehead atoms. The maximum atomic E-state index is 11.9. The number of hydrogen-bond acceptors (Lipinski definition) is 2. The summed E-state index contributed by atoms with van der Waals surface area (Å²) >= 11 is 4.48. The molecule has 0 unspecified atom stereocenters. The van der Waals surface area contributed by atoms with E-state index in [1.54, 1.807) is 0 Å². The van der Waals surface area contributed by atoms with Crippen LogP contribution in [-0.4, -0.2) is 24.9 Å². The minimum atomic E-state index is -3.55. The third kappa shape index (κ3) is 2.72. The molecule has 0 N–H and O–H groups in total. The highest BCUT2D eigenvalue weighted by Gasteiger charge is 2.36. The van der Waals surface area contributed by atoms with Crippen molar-refractivity contribution in [2.24, 2.45) is 0 Å². The second-order valence-electron chi connectivity index (χ2n) is 1.41. The molecule has 0 aliphatic rings. The number of alkyl halides is 2. The molecule has 0 atom stereocenters. The number of methoxy groups -OCH3 is 1. The fraction of sp³-hybridized carbons (Fsp3) is 0.750. The van der Waals surface area contributed by atoms with Crippen molar-refractivity contribution in [2.75, 3.05) is 13.7 Å². The molecule has 0 aromatic rings. The molecule has 0 aromatic heterocycles. The molecule has 0 saturated heterocycles. The van der Waals surface area contributed by atoms with Crippen LogP contribution in [0.3, 0.4) is 0 Å². The Morgan fingerprint density at radius 1 is 1.78 bits per heavy atom. The van der Waals surface area contributed by atoms with Crippen molar-refractivity contribution in [2.45, 2.75) is 5.92 Å². The van der Waals surface area contributed by atoms with Crippen LogP contribution in [0.2, 0.25) is 0 Å².